The highest BCUT2D eigenvalue weighted by Gasteiger charge is 2.09. The Balaban J connectivity index is 1.83. The molecule has 0 bridgehead atoms. The fraction of sp³-hybridized carbons (Fsp3) is 0.526. The van der Waals surface area contributed by atoms with Gasteiger partial charge < -0.3 is 10.6 Å². The zero-order chi connectivity index (χ0) is 17.9. The third-order valence-electron chi connectivity index (χ3n) is 4.07. The van der Waals surface area contributed by atoms with E-state index >= 15 is 0 Å². The van der Waals surface area contributed by atoms with Gasteiger partial charge in [-0.05, 0) is 30.5 Å². The van der Waals surface area contributed by atoms with E-state index in [4.69, 9.17) is 11.6 Å². The van der Waals surface area contributed by atoms with E-state index in [0.29, 0.717) is 11.9 Å². The summed E-state index contributed by atoms with van der Waals surface area (Å²) in [5.41, 5.74) is 1.17. The Bertz CT molecular complexity index is 620. The molecule has 0 aliphatic heterocycles. The van der Waals surface area contributed by atoms with E-state index in [9.17, 15) is 0 Å². The topological polar surface area (TPSA) is 62.7 Å². The van der Waals surface area contributed by atoms with Gasteiger partial charge in [-0.2, -0.15) is 15.0 Å². The van der Waals surface area contributed by atoms with Gasteiger partial charge in [0.15, 0.2) is 0 Å². The monoisotopic (exact) mass is 361 g/mol. The van der Waals surface area contributed by atoms with E-state index < -0.39 is 0 Å². The fourth-order valence-corrected chi connectivity index (χ4v) is 2.78. The number of unbranched alkanes of at least 4 members (excludes halogenated alkanes) is 5. The minimum Gasteiger partial charge on any atom is -0.354 e. The summed E-state index contributed by atoms with van der Waals surface area (Å²) >= 11 is 6.03. The van der Waals surface area contributed by atoms with Crippen molar-refractivity contribution < 1.29 is 0 Å². The maximum absolute atomic E-state index is 6.03. The van der Waals surface area contributed by atoms with Crippen LogP contribution in [0.15, 0.2) is 30.3 Å². The van der Waals surface area contributed by atoms with Crippen molar-refractivity contribution in [1.82, 2.24) is 15.0 Å². The molecule has 0 spiro atoms. The summed E-state index contributed by atoms with van der Waals surface area (Å²) in [6.45, 7) is 5.15. The molecule has 0 saturated carbocycles. The zero-order valence-electron chi connectivity index (χ0n) is 15.1. The molecule has 0 aliphatic rings. The predicted molar refractivity (Wildman–Crippen MR) is 105 cm³/mol. The zero-order valence-corrected chi connectivity index (χ0v) is 15.9. The van der Waals surface area contributed by atoms with Gasteiger partial charge in [-0.25, -0.2) is 0 Å². The van der Waals surface area contributed by atoms with Crippen molar-refractivity contribution in [2.45, 2.75) is 58.4 Å². The molecule has 0 radical (unpaired) electrons. The number of halogens is 1. The second-order valence-electron chi connectivity index (χ2n) is 6.22. The molecule has 0 amide bonds. The standard InChI is InChI=1S/C19H28ClN5/c1-3-4-5-6-7-11-14-21-18-23-17(20)24-19(25-18)22-15(2)16-12-9-8-10-13-16/h8-10,12-13,15H,3-7,11,14H2,1-2H3,(H2,21,22,23,24,25)/t15-/m1/s1. The number of hydrogen-bond donors (Lipinski definition) is 2. The number of rotatable bonds is 11. The van der Waals surface area contributed by atoms with Crippen molar-refractivity contribution in [2.24, 2.45) is 0 Å². The molecule has 0 aliphatic carbocycles. The minimum absolute atomic E-state index is 0.0890. The Kier molecular flexibility index (Phi) is 8.46. The lowest BCUT2D eigenvalue weighted by Gasteiger charge is -2.14. The van der Waals surface area contributed by atoms with Crippen LogP contribution in [0.2, 0.25) is 5.28 Å². The number of nitrogens with one attached hydrogen (secondary N) is 2. The first-order chi connectivity index (χ1) is 12.2. The highest BCUT2D eigenvalue weighted by molar-refractivity contribution is 6.28. The van der Waals surface area contributed by atoms with Crippen LogP contribution < -0.4 is 10.6 Å². The Morgan fingerprint density at radius 2 is 1.60 bits per heavy atom. The maximum Gasteiger partial charge on any atom is 0.229 e. The molecule has 5 nitrogen and oxygen atoms in total. The van der Waals surface area contributed by atoms with Gasteiger partial charge in [0, 0.05) is 6.54 Å². The second-order valence-corrected chi connectivity index (χ2v) is 6.56. The van der Waals surface area contributed by atoms with Crippen LogP contribution in [-0.4, -0.2) is 21.5 Å². The predicted octanol–water partition coefficient (Wildman–Crippen LogP) is 5.47. The van der Waals surface area contributed by atoms with Crippen molar-refractivity contribution in [3.63, 3.8) is 0 Å². The van der Waals surface area contributed by atoms with Crippen LogP contribution in [0.5, 0.6) is 0 Å². The molecule has 6 heteroatoms. The van der Waals surface area contributed by atoms with Crippen LogP contribution in [-0.2, 0) is 0 Å². The molecule has 2 rings (SSSR count). The van der Waals surface area contributed by atoms with Gasteiger partial charge in [0.1, 0.15) is 0 Å². The summed E-state index contributed by atoms with van der Waals surface area (Å²) < 4.78 is 0. The van der Waals surface area contributed by atoms with E-state index in [1.54, 1.807) is 0 Å². The van der Waals surface area contributed by atoms with Crippen molar-refractivity contribution in [1.29, 1.82) is 0 Å². The van der Waals surface area contributed by atoms with Crippen LogP contribution in [0.25, 0.3) is 0 Å². The van der Waals surface area contributed by atoms with Crippen LogP contribution in [0.3, 0.4) is 0 Å². The van der Waals surface area contributed by atoms with Crippen LogP contribution in [0.1, 0.15) is 64.0 Å². The summed E-state index contributed by atoms with van der Waals surface area (Å²) in [5, 5.41) is 6.72. The van der Waals surface area contributed by atoms with Gasteiger partial charge in [-0.1, -0.05) is 69.4 Å². The first-order valence-electron chi connectivity index (χ1n) is 9.16. The average Bonchev–Trinajstić information content (AvgIpc) is 2.61. The Labute approximate surface area is 155 Å². The quantitative estimate of drug-likeness (QED) is 0.519. The highest BCUT2D eigenvalue weighted by Crippen LogP contribution is 2.18. The lowest BCUT2D eigenvalue weighted by molar-refractivity contribution is 0.616. The highest BCUT2D eigenvalue weighted by atomic mass is 35.5. The van der Waals surface area contributed by atoms with Gasteiger partial charge in [-0.3, -0.25) is 0 Å². The number of benzene rings is 1. The molecule has 1 atom stereocenters. The average molecular weight is 362 g/mol. The first-order valence-corrected chi connectivity index (χ1v) is 9.53. The van der Waals surface area contributed by atoms with Crippen molar-refractivity contribution in [2.75, 3.05) is 17.2 Å². The molecule has 25 heavy (non-hydrogen) atoms. The van der Waals surface area contributed by atoms with E-state index in [-0.39, 0.29) is 11.3 Å². The van der Waals surface area contributed by atoms with Gasteiger partial charge in [-0.15, -0.1) is 0 Å². The Morgan fingerprint density at radius 3 is 2.36 bits per heavy atom. The smallest absolute Gasteiger partial charge is 0.229 e. The molecular formula is C19H28ClN5. The normalized spacial score (nSPS) is 12.0. The number of aromatic nitrogens is 3. The SMILES string of the molecule is CCCCCCCCNc1nc(Cl)nc(N[C@H](C)c2ccccc2)n1. The van der Waals surface area contributed by atoms with E-state index in [1.807, 2.05) is 18.2 Å². The van der Waals surface area contributed by atoms with Crippen LogP contribution in [0.4, 0.5) is 11.9 Å². The molecule has 2 aromatic rings. The number of hydrogen-bond acceptors (Lipinski definition) is 5. The molecule has 1 aromatic heterocycles. The lowest BCUT2D eigenvalue weighted by Crippen LogP contribution is -2.12. The number of nitrogens with zero attached hydrogens (tertiary/aromatic N) is 3. The summed E-state index contributed by atoms with van der Waals surface area (Å²) in [6.07, 6.45) is 7.54. The third kappa shape index (κ3) is 7.26. The summed E-state index contributed by atoms with van der Waals surface area (Å²) in [4.78, 5) is 12.7. The molecule has 0 fully saturated rings. The Hall–Kier alpha value is -1.88. The molecule has 0 unspecified atom stereocenters. The summed E-state index contributed by atoms with van der Waals surface area (Å²) in [5.74, 6) is 1.01. The van der Waals surface area contributed by atoms with E-state index in [0.717, 1.165) is 13.0 Å². The summed E-state index contributed by atoms with van der Waals surface area (Å²) in [6, 6.07) is 10.3. The van der Waals surface area contributed by atoms with Crippen LogP contribution >= 0.6 is 11.6 Å². The van der Waals surface area contributed by atoms with Gasteiger partial charge >= 0.3 is 0 Å². The largest absolute Gasteiger partial charge is 0.354 e. The molecule has 0 saturated heterocycles. The van der Waals surface area contributed by atoms with Gasteiger partial charge in [0.25, 0.3) is 0 Å². The molecule has 1 aromatic carbocycles. The van der Waals surface area contributed by atoms with Crippen molar-refractivity contribution in [3.05, 3.63) is 41.2 Å². The van der Waals surface area contributed by atoms with E-state index in [2.05, 4.69) is 51.6 Å². The molecule has 136 valence electrons. The number of anilines is 2. The van der Waals surface area contributed by atoms with Crippen molar-refractivity contribution in [3.8, 4) is 0 Å². The lowest BCUT2D eigenvalue weighted by atomic mass is 10.1. The van der Waals surface area contributed by atoms with Crippen molar-refractivity contribution >= 4 is 23.5 Å². The van der Waals surface area contributed by atoms with Gasteiger partial charge in [0.2, 0.25) is 17.2 Å². The molecule has 2 N–H and O–H groups in total. The van der Waals surface area contributed by atoms with E-state index in [1.165, 1.54) is 37.7 Å². The maximum atomic E-state index is 6.03. The first kappa shape index (κ1) is 19.4. The Morgan fingerprint density at radius 1 is 0.920 bits per heavy atom. The summed E-state index contributed by atoms with van der Waals surface area (Å²) in [7, 11) is 0. The fourth-order valence-electron chi connectivity index (χ4n) is 2.62. The van der Waals surface area contributed by atoms with Crippen LogP contribution in [0, 0.1) is 0 Å². The van der Waals surface area contributed by atoms with Gasteiger partial charge in [0.05, 0.1) is 6.04 Å². The third-order valence-corrected chi connectivity index (χ3v) is 4.24. The minimum atomic E-state index is 0.0890. The molecular weight excluding hydrogens is 334 g/mol. The second kappa shape index (κ2) is 10.9. The molecule has 1 heterocycles.